The summed E-state index contributed by atoms with van der Waals surface area (Å²) < 4.78 is 1.50. The van der Waals surface area contributed by atoms with Gasteiger partial charge in [0.15, 0.2) is 0 Å². The molecule has 0 saturated carbocycles. The second-order valence-corrected chi connectivity index (χ2v) is 8.92. The fourth-order valence-electron chi connectivity index (χ4n) is 1.64. The molecule has 0 nitrogen and oxygen atoms in total. The molecule has 0 N–H and O–H groups in total. The van der Waals surface area contributed by atoms with Crippen molar-refractivity contribution in [1.29, 1.82) is 0 Å². The van der Waals surface area contributed by atoms with Gasteiger partial charge < -0.3 is 0 Å². The molecule has 104 valence electrons. The van der Waals surface area contributed by atoms with E-state index < -0.39 is 0 Å². The number of rotatable bonds is 6. The van der Waals surface area contributed by atoms with Crippen molar-refractivity contribution >= 4 is 32.8 Å². The van der Waals surface area contributed by atoms with Gasteiger partial charge in [-0.05, 0) is 0 Å². The molecule has 0 bridgehead atoms. The fourth-order valence-corrected chi connectivity index (χ4v) is 5.25. The zero-order chi connectivity index (χ0) is 14.2. The summed E-state index contributed by atoms with van der Waals surface area (Å²) in [6.45, 7) is 4.60. The Labute approximate surface area is 132 Å². The molecule has 2 heteroatoms. The Balaban J connectivity index is 2.14. The van der Waals surface area contributed by atoms with E-state index in [1.165, 1.54) is 19.6 Å². The van der Waals surface area contributed by atoms with Crippen LogP contribution in [0.25, 0.3) is 6.08 Å². The zero-order valence-corrected chi connectivity index (χ0v) is 14.5. The van der Waals surface area contributed by atoms with E-state index in [9.17, 15) is 0 Å². The summed E-state index contributed by atoms with van der Waals surface area (Å²) in [7, 11) is 0. The second kappa shape index (κ2) is 8.36. The van der Waals surface area contributed by atoms with Crippen LogP contribution in [-0.2, 0) is 0 Å². The summed E-state index contributed by atoms with van der Waals surface area (Å²) in [6.07, 6.45) is 2.35. The van der Waals surface area contributed by atoms with E-state index in [0.29, 0.717) is 15.0 Å². The molecule has 0 radical (unpaired) electrons. The number of benzene rings is 2. The van der Waals surface area contributed by atoms with Crippen molar-refractivity contribution in [3.63, 3.8) is 0 Å². The normalized spacial score (nSPS) is 11.8. The van der Waals surface area contributed by atoms with Crippen molar-refractivity contribution < 1.29 is 0 Å². The van der Waals surface area contributed by atoms with Gasteiger partial charge >= 0.3 is 133 Å². The van der Waals surface area contributed by atoms with Gasteiger partial charge in [0.25, 0.3) is 0 Å². The van der Waals surface area contributed by atoms with Crippen molar-refractivity contribution in [1.82, 2.24) is 0 Å². The maximum atomic E-state index is 2.35. The first-order valence-corrected chi connectivity index (χ1v) is 9.75. The predicted octanol–water partition coefficient (Wildman–Crippen LogP) is 5.56. The van der Waals surface area contributed by atoms with Crippen LogP contribution < -0.4 is 0 Å². The topological polar surface area (TPSA) is 0 Å². The number of thioether (sulfide) groups is 1. The van der Waals surface area contributed by atoms with Gasteiger partial charge in [-0.15, -0.1) is 0 Å². The van der Waals surface area contributed by atoms with Crippen LogP contribution in [0.15, 0.2) is 69.4 Å². The fraction of sp³-hybridized carbons (Fsp3) is 0.222. The Morgan fingerprint density at radius 1 is 1.00 bits per heavy atom. The Morgan fingerprint density at radius 2 is 1.60 bits per heavy atom. The van der Waals surface area contributed by atoms with Crippen LogP contribution in [0.2, 0.25) is 5.32 Å². The molecule has 20 heavy (non-hydrogen) atoms. The van der Waals surface area contributed by atoms with Gasteiger partial charge in [0, 0.05) is 0 Å². The Kier molecular flexibility index (Phi) is 6.45. The first kappa shape index (κ1) is 15.4. The molecule has 2 aromatic rings. The zero-order valence-electron chi connectivity index (χ0n) is 12.0. The first-order chi connectivity index (χ1) is 9.74. The summed E-state index contributed by atoms with van der Waals surface area (Å²) in [5.41, 5.74) is 1.30. The Bertz CT molecular complexity index is 532. The van der Waals surface area contributed by atoms with Crippen LogP contribution >= 0.6 is 11.8 Å². The molecule has 0 unspecified atom stereocenters. The van der Waals surface area contributed by atoms with Crippen molar-refractivity contribution in [3.8, 4) is 0 Å². The monoisotopic (exact) mass is 348 g/mol. The summed E-state index contributed by atoms with van der Waals surface area (Å²) in [4.78, 5) is 1.33. The predicted molar refractivity (Wildman–Crippen MR) is 92.1 cm³/mol. The van der Waals surface area contributed by atoms with E-state index in [2.05, 4.69) is 80.6 Å². The van der Waals surface area contributed by atoms with E-state index >= 15 is 0 Å². The summed E-state index contributed by atoms with van der Waals surface area (Å²) in [5, 5.41) is 1.30. The van der Waals surface area contributed by atoms with E-state index in [0.717, 1.165) is 5.92 Å². The molecule has 2 rings (SSSR count). The van der Waals surface area contributed by atoms with E-state index in [4.69, 9.17) is 0 Å². The molecule has 0 amide bonds. The maximum absolute atomic E-state index is 2.35. The molecule has 0 aromatic heterocycles. The standard InChI is InChI=1S/C18H20SSe/c1-15(2)14-20-18(13-16-9-5-3-6-10-16)19-17-11-7-4-8-12-17/h3-13,15H,14H2,1-2H3/b18-13-. The molecule has 0 aliphatic rings. The second-order valence-electron chi connectivity index (χ2n) is 4.99. The average Bonchev–Trinajstić information content (AvgIpc) is 2.47. The van der Waals surface area contributed by atoms with Crippen molar-refractivity contribution in [2.24, 2.45) is 5.92 Å². The van der Waals surface area contributed by atoms with Gasteiger partial charge in [0.2, 0.25) is 0 Å². The minimum atomic E-state index is 0.546. The van der Waals surface area contributed by atoms with Crippen molar-refractivity contribution in [2.75, 3.05) is 0 Å². The molecule has 0 aliphatic carbocycles. The van der Waals surface area contributed by atoms with Crippen LogP contribution in [0.4, 0.5) is 0 Å². The quantitative estimate of drug-likeness (QED) is 0.487. The molecule has 0 spiro atoms. The summed E-state index contributed by atoms with van der Waals surface area (Å²) in [5.74, 6) is 0.769. The molecule has 2 aromatic carbocycles. The molecular weight excluding hydrogens is 327 g/mol. The Morgan fingerprint density at radius 3 is 2.20 bits per heavy atom. The summed E-state index contributed by atoms with van der Waals surface area (Å²) >= 11 is 2.46. The van der Waals surface area contributed by atoms with Gasteiger partial charge in [-0.2, -0.15) is 0 Å². The third kappa shape index (κ3) is 5.58. The van der Waals surface area contributed by atoms with Gasteiger partial charge in [-0.25, -0.2) is 0 Å². The van der Waals surface area contributed by atoms with Crippen LogP contribution in [0.1, 0.15) is 19.4 Å². The van der Waals surface area contributed by atoms with Crippen LogP contribution in [0.3, 0.4) is 0 Å². The van der Waals surface area contributed by atoms with Gasteiger partial charge in [-0.3, -0.25) is 0 Å². The first-order valence-electron chi connectivity index (χ1n) is 6.86. The van der Waals surface area contributed by atoms with Gasteiger partial charge in [-0.1, -0.05) is 0 Å². The molecule has 0 aliphatic heterocycles. The molecule has 0 atom stereocenters. The van der Waals surface area contributed by atoms with Gasteiger partial charge in [0.05, 0.1) is 0 Å². The third-order valence-electron chi connectivity index (χ3n) is 2.60. The molecule has 0 fully saturated rings. The number of hydrogen-bond donors (Lipinski definition) is 0. The molecular formula is C18H20SSe. The third-order valence-corrected chi connectivity index (χ3v) is 7.16. The Hall–Kier alpha value is -0.951. The van der Waals surface area contributed by atoms with E-state index in [1.807, 2.05) is 11.8 Å². The minimum absolute atomic E-state index is 0.546. The molecule has 0 heterocycles. The van der Waals surface area contributed by atoms with Crippen LogP contribution in [0.5, 0.6) is 0 Å². The molecule has 0 saturated heterocycles. The van der Waals surface area contributed by atoms with Crippen molar-refractivity contribution in [3.05, 3.63) is 70.0 Å². The van der Waals surface area contributed by atoms with E-state index in [1.54, 1.807) is 0 Å². The van der Waals surface area contributed by atoms with Crippen LogP contribution in [-0.4, -0.2) is 15.0 Å². The average molecular weight is 347 g/mol. The van der Waals surface area contributed by atoms with Crippen molar-refractivity contribution in [2.45, 2.75) is 24.1 Å². The van der Waals surface area contributed by atoms with Crippen LogP contribution in [0, 0.1) is 5.92 Å². The van der Waals surface area contributed by atoms with Gasteiger partial charge in [0.1, 0.15) is 0 Å². The SMILES string of the molecule is CC(C)C[Se]/C(=C\c1ccccc1)Sc1ccccc1. The number of hydrogen-bond acceptors (Lipinski definition) is 1. The summed E-state index contributed by atoms with van der Waals surface area (Å²) in [6, 6.07) is 21.3. The van der Waals surface area contributed by atoms with E-state index in [-0.39, 0.29) is 0 Å².